The van der Waals surface area contributed by atoms with Crippen LogP contribution in [-0.2, 0) is 4.79 Å². The number of carboxylic acid groups (broad SMARTS) is 1. The molecular formula is C14H21N3O3. The van der Waals surface area contributed by atoms with Crippen LogP contribution in [0.2, 0.25) is 0 Å². The first-order valence-electron chi connectivity index (χ1n) is 6.65. The fourth-order valence-corrected chi connectivity index (χ4v) is 1.86. The lowest BCUT2D eigenvalue weighted by Gasteiger charge is -2.25. The molecule has 0 radical (unpaired) electrons. The van der Waals surface area contributed by atoms with Gasteiger partial charge in [0.1, 0.15) is 12.2 Å². The largest absolute Gasteiger partial charge is 0.480 e. The van der Waals surface area contributed by atoms with E-state index in [1.54, 1.807) is 17.0 Å². The number of hydrogen-bond donors (Lipinski definition) is 2. The number of carboxylic acids is 1. The Morgan fingerprint density at radius 3 is 2.70 bits per heavy atom. The van der Waals surface area contributed by atoms with Gasteiger partial charge in [-0.1, -0.05) is 13.8 Å². The summed E-state index contributed by atoms with van der Waals surface area (Å²) in [6.07, 6.45) is 1.52. The van der Waals surface area contributed by atoms with Crippen LogP contribution < -0.4 is 10.2 Å². The van der Waals surface area contributed by atoms with E-state index in [-0.39, 0.29) is 12.5 Å². The van der Waals surface area contributed by atoms with Gasteiger partial charge in [0.2, 0.25) is 0 Å². The molecule has 0 aliphatic carbocycles. The predicted molar refractivity (Wildman–Crippen MR) is 76.9 cm³/mol. The molecule has 110 valence electrons. The number of rotatable bonds is 7. The highest BCUT2D eigenvalue weighted by Crippen LogP contribution is 2.16. The molecule has 6 heteroatoms. The van der Waals surface area contributed by atoms with E-state index in [1.165, 1.54) is 6.20 Å². The number of carbonyl (C=O) groups is 2. The molecule has 0 aliphatic heterocycles. The Kier molecular flexibility index (Phi) is 5.96. The molecule has 0 spiro atoms. The molecular weight excluding hydrogens is 258 g/mol. The summed E-state index contributed by atoms with van der Waals surface area (Å²) < 4.78 is 0. The second-order valence-corrected chi connectivity index (χ2v) is 4.93. The zero-order valence-corrected chi connectivity index (χ0v) is 12.1. The van der Waals surface area contributed by atoms with Crippen molar-refractivity contribution in [2.45, 2.75) is 20.8 Å². The van der Waals surface area contributed by atoms with Gasteiger partial charge in [-0.15, -0.1) is 0 Å². The average Bonchev–Trinajstić information content (AvgIpc) is 2.37. The van der Waals surface area contributed by atoms with Crippen molar-refractivity contribution in [2.75, 3.05) is 24.5 Å². The third-order valence-electron chi connectivity index (χ3n) is 2.59. The highest BCUT2D eigenvalue weighted by molar-refractivity contribution is 5.93. The van der Waals surface area contributed by atoms with E-state index in [9.17, 15) is 9.59 Å². The quantitative estimate of drug-likeness (QED) is 0.788. The molecule has 1 heterocycles. The monoisotopic (exact) mass is 279 g/mol. The zero-order valence-electron chi connectivity index (χ0n) is 12.1. The van der Waals surface area contributed by atoms with Crippen molar-refractivity contribution >= 4 is 17.6 Å². The Hall–Kier alpha value is -2.11. The highest BCUT2D eigenvalue weighted by Gasteiger charge is 2.14. The summed E-state index contributed by atoms with van der Waals surface area (Å²) in [5, 5.41) is 11.7. The number of aromatic nitrogens is 1. The van der Waals surface area contributed by atoms with Gasteiger partial charge in [0.25, 0.3) is 5.91 Å². The zero-order chi connectivity index (χ0) is 15.1. The normalized spacial score (nSPS) is 10.4. The average molecular weight is 279 g/mol. The number of nitrogens with one attached hydrogen (secondary N) is 1. The Bertz CT molecular complexity index is 474. The molecule has 0 aliphatic rings. The van der Waals surface area contributed by atoms with Gasteiger partial charge < -0.3 is 15.3 Å². The van der Waals surface area contributed by atoms with Gasteiger partial charge in [-0.2, -0.15) is 0 Å². The Morgan fingerprint density at radius 2 is 2.15 bits per heavy atom. The van der Waals surface area contributed by atoms with Crippen LogP contribution in [-0.4, -0.2) is 41.6 Å². The van der Waals surface area contributed by atoms with E-state index < -0.39 is 5.97 Å². The number of amides is 1. The van der Waals surface area contributed by atoms with Crippen molar-refractivity contribution in [1.82, 2.24) is 10.3 Å². The molecule has 6 nitrogen and oxygen atoms in total. The molecule has 0 unspecified atom stereocenters. The number of aliphatic carboxylic acids is 1. The van der Waals surface area contributed by atoms with Crippen LogP contribution in [0.4, 0.5) is 5.69 Å². The predicted octanol–water partition coefficient (Wildman–Crippen LogP) is 1.38. The number of anilines is 1. The van der Waals surface area contributed by atoms with Crippen LogP contribution in [0, 0.1) is 5.92 Å². The van der Waals surface area contributed by atoms with E-state index in [0.717, 1.165) is 0 Å². The Balaban J connectivity index is 2.98. The Labute approximate surface area is 118 Å². The van der Waals surface area contributed by atoms with Gasteiger partial charge in [0.15, 0.2) is 0 Å². The molecule has 1 aromatic rings. The van der Waals surface area contributed by atoms with Crippen molar-refractivity contribution in [2.24, 2.45) is 5.92 Å². The number of pyridine rings is 1. The number of hydrogen-bond acceptors (Lipinski definition) is 4. The van der Waals surface area contributed by atoms with Crippen LogP contribution in [0.5, 0.6) is 0 Å². The van der Waals surface area contributed by atoms with E-state index >= 15 is 0 Å². The molecule has 0 atom stereocenters. The maximum Gasteiger partial charge on any atom is 0.323 e. The second-order valence-electron chi connectivity index (χ2n) is 4.93. The van der Waals surface area contributed by atoms with Crippen molar-refractivity contribution < 1.29 is 14.7 Å². The van der Waals surface area contributed by atoms with Gasteiger partial charge >= 0.3 is 5.97 Å². The third-order valence-corrected chi connectivity index (χ3v) is 2.59. The maximum atomic E-state index is 11.8. The highest BCUT2D eigenvalue weighted by atomic mass is 16.4. The number of carbonyl (C=O) groups excluding carboxylic acids is 1. The molecule has 1 amide bonds. The van der Waals surface area contributed by atoms with Crippen molar-refractivity contribution in [1.29, 1.82) is 0 Å². The van der Waals surface area contributed by atoms with Crippen LogP contribution in [0.1, 0.15) is 31.3 Å². The SMILES string of the molecule is CCNC(=O)c1cc(N(CC(=O)O)CC(C)C)ccn1. The first-order chi connectivity index (χ1) is 9.43. The Morgan fingerprint density at radius 1 is 1.45 bits per heavy atom. The van der Waals surface area contributed by atoms with Gasteiger partial charge in [0, 0.05) is 25.0 Å². The van der Waals surface area contributed by atoms with Crippen LogP contribution >= 0.6 is 0 Å². The minimum absolute atomic E-state index is 0.100. The third kappa shape index (κ3) is 4.87. The molecule has 0 bridgehead atoms. The van der Waals surface area contributed by atoms with Gasteiger partial charge in [0.05, 0.1) is 0 Å². The lowest BCUT2D eigenvalue weighted by Crippen LogP contribution is -2.33. The van der Waals surface area contributed by atoms with Gasteiger partial charge in [-0.25, -0.2) is 0 Å². The van der Waals surface area contributed by atoms with E-state index in [1.807, 2.05) is 20.8 Å². The molecule has 0 fully saturated rings. The lowest BCUT2D eigenvalue weighted by molar-refractivity contribution is -0.135. The van der Waals surface area contributed by atoms with E-state index in [0.29, 0.717) is 30.4 Å². The summed E-state index contributed by atoms with van der Waals surface area (Å²) in [6.45, 7) is 6.89. The van der Waals surface area contributed by atoms with Crippen LogP contribution in [0.25, 0.3) is 0 Å². The molecule has 2 N–H and O–H groups in total. The van der Waals surface area contributed by atoms with Gasteiger partial charge in [-0.05, 0) is 25.0 Å². The lowest BCUT2D eigenvalue weighted by atomic mass is 10.2. The molecule has 0 saturated heterocycles. The fourth-order valence-electron chi connectivity index (χ4n) is 1.86. The molecule has 0 aromatic carbocycles. The van der Waals surface area contributed by atoms with Crippen molar-refractivity contribution in [3.8, 4) is 0 Å². The standard InChI is InChI=1S/C14H21N3O3/c1-4-15-14(20)12-7-11(5-6-16-12)17(8-10(2)3)9-13(18)19/h5-7,10H,4,8-9H2,1-3H3,(H,15,20)(H,18,19). The summed E-state index contributed by atoms with van der Waals surface area (Å²) in [5.74, 6) is -0.841. The smallest absolute Gasteiger partial charge is 0.323 e. The molecule has 1 aromatic heterocycles. The van der Waals surface area contributed by atoms with Crippen molar-refractivity contribution in [3.63, 3.8) is 0 Å². The summed E-state index contributed by atoms with van der Waals surface area (Å²) in [7, 11) is 0. The second kappa shape index (κ2) is 7.47. The van der Waals surface area contributed by atoms with Gasteiger partial charge in [-0.3, -0.25) is 14.6 Å². The van der Waals surface area contributed by atoms with Crippen LogP contribution in [0.15, 0.2) is 18.3 Å². The first-order valence-corrected chi connectivity index (χ1v) is 6.65. The fraction of sp³-hybridized carbons (Fsp3) is 0.500. The van der Waals surface area contributed by atoms with E-state index in [4.69, 9.17) is 5.11 Å². The van der Waals surface area contributed by atoms with Crippen LogP contribution in [0.3, 0.4) is 0 Å². The minimum Gasteiger partial charge on any atom is -0.480 e. The topological polar surface area (TPSA) is 82.5 Å². The minimum atomic E-state index is -0.901. The summed E-state index contributed by atoms with van der Waals surface area (Å²) in [4.78, 5) is 28.5. The molecule has 0 saturated carbocycles. The van der Waals surface area contributed by atoms with E-state index in [2.05, 4.69) is 10.3 Å². The summed E-state index contributed by atoms with van der Waals surface area (Å²) in [5.41, 5.74) is 0.987. The van der Waals surface area contributed by atoms with Crippen molar-refractivity contribution in [3.05, 3.63) is 24.0 Å². The first kappa shape index (κ1) is 15.9. The summed E-state index contributed by atoms with van der Waals surface area (Å²) >= 11 is 0. The molecule has 20 heavy (non-hydrogen) atoms. The molecule has 1 rings (SSSR count). The maximum absolute atomic E-state index is 11.8. The number of nitrogens with zero attached hydrogens (tertiary/aromatic N) is 2. The summed E-state index contributed by atoms with van der Waals surface area (Å²) in [6, 6.07) is 3.34.